The largest absolute Gasteiger partial charge is 0.351 e. The molecular weight excluding hydrogens is 414 g/mol. The van der Waals surface area contributed by atoms with Gasteiger partial charge in [-0.1, -0.05) is 32.0 Å². The molecule has 1 N–H and O–H groups in total. The average molecular weight is 440 g/mol. The second-order valence-electron chi connectivity index (χ2n) is 8.26. The Morgan fingerprint density at radius 1 is 0.906 bits per heavy atom. The Morgan fingerprint density at radius 2 is 1.75 bits per heavy atom. The van der Waals surface area contributed by atoms with Crippen LogP contribution in [0, 0.1) is 0 Å². The summed E-state index contributed by atoms with van der Waals surface area (Å²) in [5, 5.41) is 4.24. The lowest BCUT2D eigenvalue weighted by Gasteiger charge is -2.29. The van der Waals surface area contributed by atoms with E-state index in [1.54, 1.807) is 6.20 Å². The fourth-order valence-electron chi connectivity index (χ4n) is 4.32. The molecule has 1 aliphatic heterocycles. The zero-order chi connectivity index (χ0) is 22.1. The molecule has 2 atom stereocenters. The Kier molecular flexibility index (Phi) is 5.45. The zero-order valence-corrected chi connectivity index (χ0v) is 18.9. The summed E-state index contributed by atoms with van der Waals surface area (Å²) in [5.74, 6) is 0.479. The summed E-state index contributed by atoms with van der Waals surface area (Å²) in [6, 6.07) is 22.8. The van der Waals surface area contributed by atoms with Crippen LogP contribution in [0.5, 0.6) is 0 Å². The predicted octanol–water partition coefficient (Wildman–Crippen LogP) is 5.57. The van der Waals surface area contributed by atoms with Gasteiger partial charge in [-0.25, -0.2) is 0 Å². The molecule has 4 aromatic rings. The monoisotopic (exact) mass is 439 g/mol. The van der Waals surface area contributed by atoms with E-state index < -0.39 is 0 Å². The Hall–Kier alpha value is -3.51. The van der Waals surface area contributed by atoms with Crippen molar-refractivity contribution < 1.29 is 0 Å². The maximum Gasteiger partial charge on any atom is 0.174 e. The third kappa shape index (κ3) is 3.67. The summed E-state index contributed by atoms with van der Waals surface area (Å²) in [6.07, 6.45) is 7.57. The van der Waals surface area contributed by atoms with Crippen molar-refractivity contribution in [1.29, 1.82) is 0 Å². The molecule has 1 fully saturated rings. The second kappa shape index (κ2) is 8.55. The number of hydrogen-bond donors (Lipinski definition) is 1. The highest BCUT2D eigenvalue weighted by Crippen LogP contribution is 2.42. The second-order valence-corrected chi connectivity index (χ2v) is 8.64. The van der Waals surface area contributed by atoms with Crippen molar-refractivity contribution in [2.24, 2.45) is 0 Å². The smallest absolute Gasteiger partial charge is 0.174 e. The summed E-state index contributed by atoms with van der Waals surface area (Å²) in [4.78, 5) is 11.2. The topological polar surface area (TPSA) is 46.0 Å². The van der Waals surface area contributed by atoms with Crippen LogP contribution in [0.1, 0.15) is 48.8 Å². The van der Waals surface area contributed by atoms with E-state index in [1.807, 2.05) is 30.6 Å². The molecule has 0 unspecified atom stereocenters. The molecular formula is C26H25N5S. The summed E-state index contributed by atoms with van der Waals surface area (Å²) in [5.41, 5.74) is 5.46. The SMILES string of the molecule is CC(C)c1ccc(N2C(=S)N[C@@H](c3ccccn3)[C@@H]2c2cccn2-c2cccnc2)cc1. The Balaban J connectivity index is 1.64. The highest BCUT2D eigenvalue weighted by atomic mass is 32.1. The lowest BCUT2D eigenvalue weighted by molar-refractivity contribution is 0.549. The number of nitrogens with one attached hydrogen (secondary N) is 1. The number of pyridine rings is 2. The normalized spacial score (nSPS) is 18.2. The highest BCUT2D eigenvalue weighted by molar-refractivity contribution is 7.80. The molecule has 0 radical (unpaired) electrons. The van der Waals surface area contributed by atoms with Crippen LogP contribution in [0.3, 0.4) is 0 Å². The molecule has 0 saturated carbocycles. The molecule has 32 heavy (non-hydrogen) atoms. The number of hydrogen-bond acceptors (Lipinski definition) is 3. The molecule has 5 rings (SSSR count). The minimum Gasteiger partial charge on any atom is -0.351 e. The van der Waals surface area contributed by atoms with Gasteiger partial charge in [0.2, 0.25) is 0 Å². The van der Waals surface area contributed by atoms with Crippen molar-refractivity contribution in [3.05, 3.63) is 108 Å². The number of anilines is 1. The van der Waals surface area contributed by atoms with Crippen molar-refractivity contribution >= 4 is 23.0 Å². The van der Waals surface area contributed by atoms with E-state index in [0.29, 0.717) is 11.0 Å². The maximum atomic E-state index is 5.86. The van der Waals surface area contributed by atoms with Gasteiger partial charge < -0.3 is 14.8 Å². The van der Waals surface area contributed by atoms with Crippen LogP contribution in [-0.2, 0) is 0 Å². The van der Waals surface area contributed by atoms with Crippen molar-refractivity contribution in [3.8, 4) is 5.69 Å². The highest BCUT2D eigenvalue weighted by Gasteiger charge is 2.42. The lowest BCUT2D eigenvalue weighted by atomic mass is 9.99. The van der Waals surface area contributed by atoms with E-state index in [0.717, 1.165) is 22.8 Å². The van der Waals surface area contributed by atoms with Crippen LogP contribution in [0.15, 0.2) is 91.5 Å². The van der Waals surface area contributed by atoms with Crippen LogP contribution in [0.4, 0.5) is 5.69 Å². The standard InChI is InChI=1S/C26H25N5S/c1-18(2)19-10-12-20(13-11-19)31-25(24(29-26(31)32)22-8-3-4-15-28-22)23-9-6-16-30(23)21-7-5-14-27-17-21/h3-18,24-25H,1-2H3,(H,29,32)/t24-,25-/m0/s1. The molecule has 0 aliphatic carbocycles. The van der Waals surface area contributed by atoms with Gasteiger partial charge in [0.05, 0.1) is 23.6 Å². The fraction of sp³-hybridized carbons (Fsp3) is 0.192. The first kappa shape index (κ1) is 20.4. The average Bonchev–Trinajstić information content (AvgIpc) is 3.44. The van der Waals surface area contributed by atoms with E-state index in [2.05, 4.69) is 93.3 Å². The molecule has 1 saturated heterocycles. The summed E-state index contributed by atoms with van der Waals surface area (Å²) in [7, 11) is 0. The minimum atomic E-state index is -0.0844. The van der Waals surface area contributed by atoms with Crippen LogP contribution < -0.4 is 10.2 Å². The van der Waals surface area contributed by atoms with Gasteiger partial charge in [0.15, 0.2) is 5.11 Å². The number of aromatic nitrogens is 3. The Bertz CT molecular complexity index is 1200. The number of thiocarbonyl (C=S) groups is 1. The van der Waals surface area contributed by atoms with Gasteiger partial charge in [0, 0.05) is 30.0 Å². The van der Waals surface area contributed by atoms with Crippen molar-refractivity contribution in [3.63, 3.8) is 0 Å². The summed E-state index contributed by atoms with van der Waals surface area (Å²) in [6.45, 7) is 4.41. The van der Waals surface area contributed by atoms with E-state index in [4.69, 9.17) is 12.2 Å². The van der Waals surface area contributed by atoms with Gasteiger partial charge >= 0.3 is 0 Å². The molecule has 0 amide bonds. The van der Waals surface area contributed by atoms with E-state index in [-0.39, 0.29) is 12.1 Å². The number of rotatable bonds is 5. The first-order valence-corrected chi connectivity index (χ1v) is 11.2. The van der Waals surface area contributed by atoms with Crippen molar-refractivity contribution in [1.82, 2.24) is 19.9 Å². The molecule has 1 aromatic carbocycles. The predicted molar refractivity (Wildman–Crippen MR) is 132 cm³/mol. The van der Waals surface area contributed by atoms with Crippen LogP contribution in [0.2, 0.25) is 0 Å². The van der Waals surface area contributed by atoms with E-state index >= 15 is 0 Å². The van der Waals surface area contributed by atoms with Crippen molar-refractivity contribution in [2.75, 3.05) is 4.90 Å². The lowest BCUT2D eigenvalue weighted by Crippen LogP contribution is -2.30. The maximum absolute atomic E-state index is 5.86. The van der Waals surface area contributed by atoms with E-state index in [1.165, 1.54) is 5.56 Å². The summed E-state index contributed by atoms with van der Waals surface area (Å²) >= 11 is 5.86. The number of nitrogens with zero attached hydrogens (tertiary/aromatic N) is 4. The van der Waals surface area contributed by atoms with Gasteiger partial charge in [-0.15, -0.1) is 0 Å². The quantitative estimate of drug-likeness (QED) is 0.412. The van der Waals surface area contributed by atoms with Gasteiger partial charge in [-0.3, -0.25) is 9.97 Å². The molecule has 5 nitrogen and oxygen atoms in total. The first-order chi connectivity index (χ1) is 15.6. The van der Waals surface area contributed by atoms with Gasteiger partial charge in [-0.05, 0) is 72.2 Å². The van der Waals surface area contributed by atoms with Crippen molar-refractivity contribution in [2.45, 2.75) is 31.8 Å². The minimum absolute atomic E-state index is 0.0718. The molecule has 0 spiro atoms. The Labute approximate surface area is 193 Å². The van der Waals surface area contributed by atoms with Gasteiger partial charge in [-0.2, -0.15) is 0 Å². The zero-order valence-electron chi connectivity index (χ0n) is 18.1. The van der Waals surface area contributed by atoms with Gasteiger partial charge in [0.1, 0.15) is 6.04 Å². The molecule has 1 aliphatic rings. The first-order valence-electron chi connectivity index (χ1n) is 10.8. The molecule has 0 bridgehead atoms. The molecule has 6 heteroatoms. The third-order valence-corrected chi connectivity index (χ3v) is 6.26. The molecule has 3 aromatic heterocycles. The third-order valence-electron chi connectivity index (χ3n) is 5.94. The van der Waals surface area contributed by atoms with Crippen LogP contribution in [0.25, 0.3) is 5.69 Å². The summed E-state index contributed by atoms with van der Waals surface area (Å²) < 4.78 is 2.18. The van der Waals surface area contributed by atoms with Crippen LogP contribution >= 0.6 is 12.2 Å². The van der Waals surface area contributed by atoms with E-state index in [9.17, 15) is 0 Å². The van der Waals surface area contributed by atoms with Gasteiger partial charge in [0.25, 0.3) is 0 Å². The Morgan fingerprint density at radius 3 is 2.44 bits per heavy atom. The fourth-order valence-corrected chi connectivity index (χ4v) is 4.67. The van der Waals surface area contributed by atoms with Crippen LogP contribution in [-0.4, -0.2) is 19.6 Å². The molecule has 4 heterocycles. The molecule has 160 valence electrons. The number of benzene rings is 1.